The van der Waals surface area contributed by atoms with Crippen LogP contribution in [0.3, 0.4) is 0 Å². The maximum Gasteiger partial charge on any atom is 0.159 e. The van der Waals surface area contributed by atoms with E-state index in [1.165, 1.54) is 0 Å². The fourth-order valence-corrected chi connectivity index (χ4v) is 3.97. The molecular formula is C20H19N5O. The summed E-state index contributed by atoms with van der Waals surface area (Å²) in [7, 11) is 0. The van der Waals surface area contributed by atoms with Gasteiger partial charge >= 0.3 is 0 Å². The van der Waals surface area contributed by atoms with Crippen molar-refractivity contribution in [1.29, 1.82) is 0 Å². The predicted molar refractivity (Wildman–Crippen MR) is 97.7 cm³/mol. The maximum atomic E-state index is 5.92. The maximum absolute atomic E-state index is 5.92. The molecule has 26 heavy (non-hydrogen) atoms. The van der Waals surface area contributed by atoms with Crippen LogP contribution in [0, 0.1) is 0 Å². The lowest BCUT2D eigenvalue weighted by Gasteiger charge is -2.34. The number of aromatic nitrogens is 4. The molecule has 1 unspecified atom stereocenters. The average Bonchev–Trinajstić information content (AvgIpc) is 3.14. The zero-order chi connectivity index (χ0) is 17.4. The molecule has 5 rings (SSSR count). The van der Waals surface area contributed by atoms with Crippen LogP contribution in [0.15, 0.2) is 55.1 Å². The van der Waals surface area contributed by atoms with Gasteiger partial charge in [0.1, 0.15) is 12.1 Å². The predicted octanol–water partition coefficient (Wildman–Crippen LogP) is 2.61. The number of ether oxygens (including phenoxy) is 1. The van der Waals surface area contributed by atoms with Gasteiger partial charge in [0.25, 0.3) is 0 Å². The molecule has 1 fully saturated rings. The molecule has 4 heterocycles. The van der Waals surface area contributed by atoms with Crippen LogP contribution in [0.1, 0.15) is 17.7 Å². The van der Waals surface area contributed by atoms with Crippen LogP contribution in [-0.4, -0.2) is 39.6 Å². The second kappa shape index (κ2) is 6.14. The summed E-state index contributed by atoms with van der Waals surface area (Å²) in [6, 6.07) is 12.1. The number of rotatable bonds is 2. The first-order valence-corrected chi connectivity index (χ1v) is 8.85. The van der Waals surface area contributed by atoms with Crippen LogP contribution in [0.25, 0.3) is 11.4 Å². The summed E-state index contributed by atoms with van der Waals surface area (Å²) in [6.07, 6.45) is 6.31. The molecule has 1 aromatic carbocycles. The van der Waals surface area contributed by atoms with E-state index in [1.807, 2.05) is 30.5 Å². The molecule has 1 saturated heterocycles. The Labute approximate surface area is 151 Å². The average molecular weight is 345 g/mol. The van der Waals surface area contributed by atoms with E-state index in [4.69, 9.17) is 9.72 Å². The van der Waals surface area contributed by atoms with Crippen molar-refractivity contribution in [1.82, 2.24) is 19.9 Å². The highest BCUT2D eigenvalue weighted by atomic mass is 16.5. The smallest absolute Gasteiger partial charge is 0.159 e. The van der Waals surface area contributed by atoms with Crippen molar-refractivity contribution < 1.29 is 4.74 Å². The van der Waals surface area contributed by atoms with Crippen molar-refractivity contribution in [2.24, 2.45) is 0 Å². The number of nitrogens with zero attached hydrogens (tertiary/aromatic N) is 5. The van der Waals surface area contributed by atoms with Crippen molar-refractivity contribution in [3.05, 3.63) is 66.4 Å². The molecule has 0 bridgehead atoms. The first kappa shape index (κ1) is 15.4. The molecule has 130 valence electrons. The van der Waals surface area contributed by atoms with E-state index in [-0.39, 0.29) is 5.41 Å². The normalized spacial score (nSPS) is 21.8. The molecule has 2 aromatic heterocycles. The van der Waals surface area contributed by atoms with Gasteiger partial charge in [0, 0.05) is 36.6 Å². The molecule has 2 aliphatic rings. The molecule has 6 nitrogen and oxygen atoms in total. The Bertz CT molecular complexity index is 918. The van der Waals surface area contributed by atoms with Gasteiger partial charge in [-0.3, -0.25) is 0 Å². The monoisotopic (exact) mass is 345 g/mol. The summed E-state index contributed by atoms with van der Waals surface area (Å²) in [5.41, 5.74) is 3.17. The lowest BCUT2D eigenvalue weighted by atomic mass is 9.80. The van der Waals surface area contributed by atoms with Gasteiger partial charge in [-0.25, -0.2) is 19.9 Å². The van der Waals surface area contributed by atoms with Crippen LogP contribution in [0.2, 0.25) is 0 Å². The fraction of sp³-hybridized carbons (Fsp3) is 0.300. The van der Waals surface area contributed by atoms with Gasteiger partial charge in [0.2, 0.25) is 0 Å². The largest absolute Gasteiger partial charge is 0.376 e. The van der Waals surface area contributed by atoms with Gasteiger partial charge in [0.15, 0.2) is 5.82 Å². The lowest BCUT2D eigenvalue weighted by Crippen LogP contribution is -2.40. The first-order valence-electron chi connectivity index (χ1n) is 8.85. The Hall–Kier alpha value is -2.86. The number of benzene rings is 1. The molecular weight excluding hydrogens is 326 g/mol. The zero-order valence-corrected chi connectivity index (χ0v) is 14.4. The highest BCUT2D eigenvalue weighted by molar-refractivity contribution is 5.55. The first-order chi connectivity index (χ1) is 12.8. The van der Waals surface area contributed by atoms with Gasteiger partial charge in [-0.2, -0.15) is 0 Å². The SMILES string of the molecule is c1ccc(-c2ncc3c(n2)C2(CCN(c4ccncn4)C2)COC3)cc1. The van der Waals surface area contributed by atoms with Crippen molar-refractivity contribution in [3.8, 4) is 11.4 Å². The molecule has 0 saturated carbocycles. The van der Waals surface area contributed by atoms with Gasteiger partial charge in [-0.1, -0.05) is 30.3 Å². The molecule has 0 aliphatic carbocycles. The number of fused-ring (bicyclic) bond motifs is 2. The van der Waals surface area contributed by atoms with Crippen molar-refractivity contribution >= 4 is 5.82 Å². The summed E-state index contributed by atoms with van der Waals surface area (Å²) in [5.74, 6) is 1.74. The highest BCUT2D eigenvalue weighted by Crippen LogP contribution is 2.40. The van der Waals surface area contributed by atoms with Crippen molar-refractivity contribution in [2.75, 3.05) is 24.6 Å². The number of hydrogen-bond acceptors (Lipinski definition) is 6. The van der Waals surface area contributed by atoms with Crippen LogP contribution in [0.4, 0.5) is 5.82 Å². The molecule has 0 amide bonds. The summed E-state index contributed by atoms with van der Waals surface area (Å²) >= 11 is 0. The third-order valence-electron chi connectivity index (χ3n) is 5.28. The highest BCUT2D eigenvalue weighted by Gasteiger charge is 2.45. The van der Waals surface area contributed by atoms with E-state index in [9.17, 15) is 0 Å². The van der Waals surface area contributed by atoms with Crippen molar-refractivity contribution in [2.45, 2.75) is 18.4 Å². The van der Waals surface area contributed by atoms with E-state index in [1.54, 1.807) is 12.5 Å². The van der Waals surface area contributed by atoms with E-state index >= 15 is 0 Å². The Morgan fingerprint density at radius 2 is 2.00 bits per heavy atom. The molecule has 1 atom stereocenters. The Morgan fingerprint density at radius 3 is 2.85 bits per heavy atom. The van der Waals surface area contributed by atoms with E-state index in [0.29, 0.717) is 13.2 Å². The second-order valence-corrected chi connectivity index (χ2v) is 6.95. The van der Waals surface area contributed by atoms with E-state index in [0.717, 1.165) is 48.0 Å². The molecule has 0 radical (unpaired) electrons. The second-order valence-electron chi connectivity index (χ2n) is 6.95. The number of hydrogen-bond donors (Lipinski definition) is 0. The summed E-state index contributed by atoms with van der Waals surface area (Å²) in [5, 5.41) is 0. The molecule has 1 spiro atoms. The summed E-state index contributed by atoms with van der Waals surface area (Å²) in [6.45, 7) is 3.05. The topological polar surface area (TPSA) is 64.0 Å². The molecule has 2 aliphatic heterocycles. The minimum absolute atomic E-state index is 0.106. The summed E-state index contributed by atoms with van der Waals surface area (Å²) in [4.78, 5) is 20.3. The van der Waals surface area contributed by atoms with Gasteiger partial charge < -0.3 is 9.64 Å². The minimum Gasteiger partial charge on any atom is -0.376 e. The molecule has 3 aromatic rings. The third-order valence-corrected chi connectivity index (χ3v) is 5.28. The Kier molecular flexibility index (Phi) is 3.64. The molecule has 0 N–H and O–H groups in total. The van der Waals surface area contributed by atoms with E-state index in [2.05, 4.69) is 32.0 Å². The van der Waals surface area contributed by atoms with Crippen LogP contribution < -0.4 is 4.90 Å². The van der Waals surface area contributed by atoms with E-state index < -0.39 is 0 Å². The van der Waals surface area contributed by atoms with Gasteiger partial charge in [-0.05, 0) is 12.5 Å². The zero-order valence-electron chi connectivity index (χ0n) is 14.4. The van der Waals surface area contributed by atoms with Gasteiger partial charge in [-0.15, -0.1) is 0 Å². The minimum atomic E-state index is -0.106. The Morgan fingerprint density at radius 1 is 1.08 bits per heavy atom. The van der Waals surface area contributed by atoms with Crippen LogP contribution >= 0.6 is 0 Å². The van der Waals surface area contributed by atoms with Crippen LogP contribution in [0.5, 0.6) is 0 Å². The number of anilines is 1. The lowest BCUT2D eigenvalue weighted by molar-refractivity contribution is 0.0557. The van der Waals surface area contributed by atoms with Crippen LogP contribution in [-0.2, 0) is 16.8 Å². The Balaban J connectivity index is 1.53. The molecule has 6 heteroatoms. The van der Waals surface area contributed by atoms with Crippen molar-refractivity contribution in [3.63, 3.8) is 0 Å². The quantitative estimate of drug-likeness (QED) is 0.711. The van der Waals surface area contributed by atoms with Gasteiger partial charge in [0.05, 0.1) is 24.3 Å². The summed E-state index contributed by atoms with van der Waals surface area (Å²) < 4.78 is 5.92. The standard InChI is InChI=1S/C20H19N5O/c1-2-4-15(5-3-1)19-22-10-16-11-26-13-20(18(16)24-19)7-9-25(12-20)17-6-8-21-14-23-17/h1-6,8,10,14H,7,9,11-13H2. The third kappa shape index (κ3) is 2.54. The fourth-order valence-electron chi connectivity index (χ4n) is 3.97.